The highest BCUT2D eigenvalue weighted by atomic mass is 15.2. The molecule has 2 nitrogen and oxygen atoms in total. The van der Waals surface area contributed by atoms with E-state index in [-0.39, 0.29) is 0 Å². The molecule has 0 spiro atoms. The fourth-order valence-electron chi connectivity index (χ4n) is 2.86. The Balaban J connectivity index is 2.09. The minimum atomic E-state index is 0.686. The Morgan fingerprint density at radius 2 is 2.06 bits per heavy atom. The van der Waals surface area contributed by atoms with E-state index in [9.17, 15) is 0 Å². The van der Waals surface area contributed by atoms with Crippen LogP contribution in [-0.4, -0.2) is 24.0 Å². The first kappa shape index (κ1) is 13.6. The molecule has 1 aliphatic rings. The average molecular weight is 246 g/mol. The van der Waals surface area contributed by atoms with E-state index < -0.39 is 0 Å². The normalized spacial score (nSPS) is 25.3. The summed E-state index contributed by atoms with van der Waals surface area (Å²) in [7, 11) is 0. The van der Waals surface area contributed by atoms with Crippen molar-refractivity contribution in [3.63, 3.8) is 0 Å². The van der Waals surface area contributed by atoms with Gasteiger partial charge < -0.3 is 5.73 Å². The van der Waals surface area contributed by atoms with Crippen molar-refractivity contribution in [2.24, 2.45) is 11.7 Å². The largest absolute Gasteiger partial charge is 0.330 e. The first-order chi connectivity index (χ1) is 8.60. The van der Waals surface area contributed by atoms with Gasteiger partial charge in [-0.1, -0.05) is 23.8 Å². The molecule has 0 saturated carbocycles. The van der Waals surface area contributed by atoms with Crippen LogP contribution in [0.3, 0.4) is 0 Å². The quantitative estimate of drug-likeness (QED) is 0.888. The molecule has 0 aliphatic carbocycles. The number of nitrogens with two attached hydrogens (primary N) is 1. The van der Waals surface area contributed by atoms with Gasteiger partial charge >= 0.3 is 0 Å². The van der Waals surface area contributed by atoms with Crippen LogP contribution in [0.25, 0.3) is 0 Å². The molecular formula is C16H26N2. The van der Waals surface area contributed by atoms with Gasteiger partial charge in [0.25, 0.3) is 0 Å². The minimum Gasteiger partial charge on any atom is -0.330 e. The van der Waals surface area contributed by atoms with Gasteiger partial charge in [0, 0.05) is 19.1 Å². The molecule has 100 valence electrons. The molecule has 0 bridgehead atoms. The van der Waals surface area contributed by atoms with Crippen LogP contribution in [0.4, 0.5) is 0 Å². The predicted octanol–water partition coefficient (Wildman–Crippen LogP) is 2.86. The van der Waals surface area contributed by atoms with Crippen LogP contribution in [0.1, 0.15) is 36.5 Å². The summed E-state index contributed by atoms with van der Waals surface area (Å²) in [6.45, 7) is 9.79. The van der Waals surface area contributed by atoms with Crippen molar-refractivity contribution < 1.29 is 0 Å². The van der Waals surface area contributed by atoms with Gasteiger partial charge in [-0.15, -0.1) is 0 Å². The summed E-state index contributed by atoms with van der Waals surface area (Å²) in [5.41, 5.74) is 10.1. The molecule has 1 heterocycles. The van der Waals surface area contributed by atoms with Crippen LogP contribution in [0.5, 0.6) is 0 Å². The van der Waals surface area contributed by atoms with E-state index in [1.807, 2.05) is 0 Å². The van der Waals surface area contributed by atoms with Crippen LogP contribution in [0.2, 0.25) is 0 Å². The van der Waals surface area contributed by atoms with Crippen molar-refractivity contribution >= 4 is 0 Å². The molecule has 1 aliphatic heterocycles. The molecule has 2 rings (SSSR count). The maximum absolute atomic E-state index is 5.83. The molecule has 18 heavy (non-hydrogen) atoms. The molecular weight excluding hydrogens is 220 g/mol. The van der Waals surface area contributed by atoms with Crippen molar-refractivity contribution in [2.75, 3.05) is 13.1 Å². The monoisotopic (exact) mass is 246 g/mol. The summed E-state index contributed by atoms with van der Waals surface area (Å²) in [5, 5.41) is 0. The second-order valence-corrected chi connectivity index (χ2v) is 5.89. The molecule has 2 N–H and O–H groups in total. The van der Waals surface area contributed by atoms with E-state index in [4.69, 9.17) is 5.73 Å². The summed E-state index contributed by atoms with van der Waals surface area (Å²) >= 11 is 0. The van der Waals surface area contributed by atoms with E-state index in [0.717, 1.165) is 19.6 Å². The van der Waals surface area contributed by atoms with E-state index in [1.54, 1.807) is 0 Å². The summed E-state index contributed by atoms with van der Waals surface area (Å²) in [6.07, 6.45) is 2.58. The van der Waals surface area contributed by atoms with E-state index >= 15 is 0 Å². The van der Waals surface area contributed by atoms with Crippen LogP contribution in [-0.2, 0) is 6.54 Å². The van der Waals surface area contributed by atoms with E-state index in [2.05, 4.69) is 43.9 Å². The lowest BCUT2D eigenvalue weighted by Crippen LogP contribution is -2.43. The molecule has 2 atom stereocenters. The Morgan fingerprint density at radius 1 is 1.28 bits per heavy atom. The molecule has 1 fully saturated rings. The zero-order valence-corrected chi connectivity index (χ0v) is 11.9. The smallest absolute Gasteiger partial charge is 0.0239 e. The third kappa shape index (κ3) is 3.12. The average Bonchev–Trinajstić information content (AvgIpc) is 2.36. The van der Waals surface area contributed by atoms with Crippen LogP contribution < -0.4 is 5.73 Å². The number of rotatable bonds is 3. The van der Waals surface area contributed by atoms with E-state index in [1.165, 1.54) is 29.5 Å². The third-order valence-electron chi connectivity index (χ3n) is 4.32. The maximum atomic E-state index is 5.83. The number of hydrogen-bond acceptors (Lipinski definition) is 2. The van der Waals surface area contributed by atoms with Gasteiger partial charge in [0.1, 0.15) is 0 Å². The summed E-state index contributed by atoms with van der Waals surface area (Å²) in [6, 6.07) is 7.45. The molecule has 0 radical (unpaired) electrons. The summed E-state index contributed by atoms with van der Waals surface area (Å²) in [5.74, 6) is 0.686. The molecule has 1 aromatic carbocycles. The highest BCUT2D eigenvalue weighted by molar-refractivity contribution is 5.30. The predicted molar refractivity (Wildman–Crippen MR) is 77.6 cm³/mol. The van der Waals surface area contributed by atoms with Crippen molar-refractivity contribution in [3.8, 4) is 0 Å². The lowest BCUT2D eigenvalue weighted by molar-refractivity contribution is 0.113. The highest BCUT2D eigenvalue weighted by Crippen LogP contribution is 2.24. The van der Waals surface area contributed by atoms with Crippen LogP contribution in [0.15, 0.2) is 18.2 Å². The second kappa shape index (κ2) is 5.85. The second-order valence-electron chi connectivity index (χ2n) is 5.89. The number of hydrogen-bond donors (Lipinski definition) is 1. The number of piperidine rings is 1. The van der Waals surface area contributed by atoms with Gasteiger partial charge in [-0.2, -0.15) is 0 Å². The number of nitrogens with zero attached hydrogens (tertiary/aromatic N) is 1. The first-order valence-electron chi connectivity index (χ1n) is 7.10. The molecule has 0 aromatic heterocycles. The van der Waals surface area contributed by atoms with Crippen molar-refractivity contribution in [2.45, 2.75) is 46.2 Å². The first-order valence-corrected chi connectivity index (χ1v) is 7.10. The van der Waals surface area contributed by atoms with Gasteiger partial charge in [-0.25, -0.2) is 0 Å². The Morgan fingerprint density at radius 3 is 2.78 bits per heavy atom. The zero-order valence-electron chi connectivity index (χ0n) is 11.9. The van der Waals surface area contributed by atoms with Gasteiger partial charge in [0.15, 0.2) is 0 Å². The molecule has 1 aromatic rings. The summed E-state index contributed by atoms with van der Waals surface area (Å²) in [4.78, 5) is 2.60. The number of benzene rings is 1. The number of likely N-dealkylation sites (tertiary alicyclic amines) is 1. The lowest BCUT2D eigenvalue weighted by atomic mass is 9.92. The van der Waals surface area contributed by atoms with E-state index in [0.29, 0.717) is 12.0 Å². The standard InChI is InChI=1S/C16H26N2/c1-12-4-5-13(2)16(8-12)11-18-10-15(9-17)7-6-14(18)3/h4-5,8,14-15H,6-7,9-11,17H2,1-3H3. The molecule has 1 saturated heterocycles. The Bertz CT molecular complexity index is 400. The number of aryl methyl sites for hydroxylation is 2. The third-order valence-corrected chi connectivity index (χ3v) is 4.32. The van der Waals surface area contributed by atoms with Crippen molar-refractivity contribution in [3.05, 3.63) is 34.9 Å². The van der Waals surface area contributed by atoms with Crippen LogP contribution >= 0.6 is 0 Å². The Kier molecular flexibility index (Phi) is 4.41. The summed E-state index contributed by atoms with van der Waals surface area (Å²) < 4.78 is 0. The van der Waals surface area contributed by atoms with Gasteiger partial charge in [0.05, 0.1) is 0 Å². The Hall–Kier alpha value is -0.860. The van der Waals surface area contributed by atoms with Crippen molar-refractivity contribution in [1.29, 1.82) is 0 Å². The minimum absolute atomic E-state index is 0.686. The van der Waals surface area contributed by atoms with Crippen LogP contribution in [0, 0.1) is 19.8 Å². The Labute approximate surface area is 111 Å². The van der Waals surface area contributed by atoms with Gasteiger partial charge in [-0.3, -0.25) is 4.90 Å². The van der Waals surface area contributed by atoms with Crippen molar-refractivity contribution in [1.82, 2.24) is 4.90 Å². The maximum Gasteiger partial charge on any atom is 0.0239 e. The fraction of sp³-hybridized carbons (Fsp3) is 0.625. The van der Waals surface area contributed by atoms with Gasteiger partial charge in [-0.05, 0) is 57.2 Å². The van der Waals surface area contributed by atoms with Gasteiger partial charge in [0.2, 0.25) is 0 Å². The molecule has 2 unspecified atom stereocenters. The molecule has 2 heteroatoms. The highest BCUT2D eigenvalue weighted by Gasteiger charge is 2.24. The fourth-order valence-corrected chi connectivity index (χ4v) is 2.86. The molecule has 0 amide bonds. The zero-order chi connectivity index (χ0) is 13.1. The topological polar surface area (TPSA) is 29.3 Å². The SMILES string of the molecule is Cc1ccc(C)c(CN2CC(CN)CCC2C)c1. The lowest BCUT2D eigenvalue weighted by Gasteiger charge is -2.38.